The van der Waals surface area contributed by atoms with E-state index >= 15 is 0 Å². The van der Waals surface area contributed by atoms with Gasteiger partial charge >= 0.3 is 0 Å². The minimum atomic E-state index is -0.411. The number of benzene rings is 2. The highest BCUT2D eigenvalue weighted by Crippen LogP contribution is 2.22. The van der Waals surface area contributed by atoms with Gasteiger partial charge in [0.1, 0.15) is 6.26 Å². The van der Waals surface area contributed by atoms with Gasteiger partial charge in [0.25, 0.3) is 5.56 Å². The van der Waals surface area contributed by atoms with Gasteiger partial charge < -0.3 is 14.2 Å². The number of hydrogen-bond donors (Lipinski definition) is 0. The molecule has 0 spiro atoms. The summed E-state index contributed by atoms with van der Waals surface area (Å²) >= 11 is 0. The molecule has 4 aromatic rings. The van der Waals surface area contributed by atoms with Crippen molar-refractivity contribution in [3.05, 3.63) is 106 Å². The molecule has 2 heterocycles. The minimum absolute atomic E-state index is 0.000548. The van der Waals surface area contributed by atoms with Gasteiger partial charge in [-0.2, -0.15) is 0 Å². The second-order valence-corrected chi connectivity index (χ2v) is 7.85. The van der Waals surface area contributed by atoms with E-state index in [9.17, 15) is 9.59 Å². The first kappa shape index (κ1) is 23.0. The van der Waals surface area contributed by atoms with Crippen LogP contribution in [0, 0.1) is 0 Å². The van der Waals surface area contributed by atoms with Crippen LogP contribution in [-0.4, -0.2) is 27.1 Å². The quantitative estimate of drug-likeness (QED) is 0.334. The maximum atomic E-state index is 13.3. The summed E-state index contributed by atoms with van der Waals surface area (Å²) < 4.78 is 11.9. The summed E-state index contributed by atoms with van der Waals surface area (Å²) in [6, 6.07) is 19.8. The number of ketones is 1. The Morgan fingerprint density at radius 3 is 2.15 bits per heavy atom. The van der Waals surface area contributed by atoms with Crippen molar-refractivity contribution in [2.75, 3.05) is 11.5 Å². The zero-order valence-electron chi connectivity index (χ0n) is 19.2. The van der Waals surface area contributed by atoms with Crippen LogP contribution >= 0.6 is 0 Å². The Labute approximate surface area is 197 Å². The van der Waals surface area contributed by atoms with Crippen molar-refractivity contribution in [1.82, 2.24) is 14.7 Å². The van der Waals surface area contributed by atoms with Crippen LogP contribution in [0.1, 0.15) is 34.1 Å². The Bertz CT molecular complexity index is 1240. The molecule has 2 aromatic carbocycles. The molecule has 0 saturated heterocycles. The summed E-state index contributed by atoms with van der Waals surface area (Å²) in [6.07, 6.45) is 2.87. The first-order valence-electron chi connectivity index (χ1n) is 11.0. The van der Waals surface area contributed by atoms with Crippen molar-refractivity contribution < 1.29 is 14.1 Å². The molecule has 0 aliphatic heterocycles. The number of anilines is 1. The van der Waals surface area contributed by atoms with E-state index in [-0.39, 0.29) is 30.3 Å². The zero-order chi connectivity index (χ0) is 23.9. The zero-order valence-corrected chi connectivity index (χ0v) is 19.2. The average Bonchev–Trinajstić information content (AvgIpc) is 3.36. The number of hydrogen-bond acceptors (Lipinski definition) is 7. The van der Waals surface area contributed by atoms with Gasteiger partial charge in [-0.05, 0) is 18.1 Å². The molecule has 8 heteroatoms. The minimum Gasteiger partial charge on any atom is -0.486 e. The predicted molar refractivity (Wildman–Crippen MR) is 128 cm³/mol. The molecule has 0 N–H and O–H groups in total. The van der Waals surface area contributed by atoms with Gasteiger partial charge in [0.2, 0.25) is 11.7 Å². The fourth-order valence-corrected chi connectivity index (χ4v) is 3.70. The highest BCUT2D eigenvalue weighted by atomic mass is 16.5. The number of aromatic nitrogens is 3. The molecule has 0 fully saturated rings. The number of carbonyl (C=O) groups is 1. The van der Waals surface area contributed by atoms with Crippen molar-refractivity contribution in [2.45, 2.75) is 26.4 Å². The van der Waals surface area contributed by atoms with Crippen LogP contribution in [0.4, 0.5) is 5.95 Å². The van der Waals surface area contributed by atoms with Crippen LogP contribution in [0.3, 0.4) is 0 Å². The van der Waals surface area contributed by atoms with E-state index < -0.39 is 5.56 Å². The third kappa shape index (κ3) is 5.23. The molecule has 0 aliphatic rings. The van der Waals surface area contributed by atoms with Crippen LogP contribution in [0.15, 0.2) is 82.4 Å². The number of nitrogens with zero attached hydrogens (tertiary/aromatic N) is 4. The molecule has 174 valence electrons. The molecule has 34 heavy (non-hydrogen) atoms. The third-order valence-corrected chi connectivity index (χ3v) is 5.34. The largest absolute Gasteiger partial charge is 0.486 e. The molecule has 8 nitrogen and oxygen atoms in total. The molecule has 0 bridgehead atoms. The Morgan fingerprint density at radius 1 is 1.00 bits per heavy atom. The maximum Gasteiger partial charge on any atom is 0.297 e. The molecular weight excluding hydrogens is 432 g/mol. The normalized spacial score (nSPS) is 10.8. The molecule has 0 unspecified atom stereocenters. The predicted octanol–water partition coefficient (Wildman–Crippen LogP) is 3.80. The molecule has 0 atom stereocenters. The van der Waals surface area contributed by atoms with Crippen molar-refractivity contribution >= 4 is 11.7 Å². The van der Waals surface area contributed by atoms with Crippen molar-refractivity contribution in [3.8, 4) is 5.75 Å². The van der Waals surface area contributed by atoms with E-state index in [1.54, 1.807) is 14.0 Å². The summed E-state index contributed by atoms with van der Waals surface area (Å²) in [4.78, 5) is 33.2. The lowest BCUT2D eigenvalue weighted by molar-refractivity contribution is 0.0983. The number of ether oxygens (including phenoxy) is 1. The lowest BCUT2D eigenvalue weighted by atomic mass is 10.1. The van der Waals surface area contributed by atoms with Crippen LogP contribution in [-0.2, 0) is 26.6 Å². The fourth-order valence-electron chi connectivity index (χ4n) is 3.70. The monoisotopic (exact) mass is 458 g/mol. The van der Waals surface area contributed by atoms with Crippen molar-refractivity contribution in [3.63, 3.8) is 0 Å². The topological polar surface area (TPSA) is 90.5 Å². The van der Waals surface area contributed by atoms with Gasteiger partial charge in [0.05, 0.1) is 12.8 Å². The van der Waals surface area contributed by atoms with Crippen LogP contribution in [0.5, 0.6) is 5.75 Å². The van der Waals surface area contributed by atoms with Gasteiger partial charge in [-0.3, -0.25) is 14.2 Å². The first-order valence-corrected chi connectivity index (χ1v) is 11.0. The highest BCUT2D eigenvalue weighted by molar-refractivity contribution is 5.98. The Hall–Kier alpha value is -4.20. The molecular formula is C26H26N4O4. The first-order chi connectivity index (χ1) is 16.6. The summed E-state index contributed by atoms with van der Waals surface area (Å²) in [5.41, 5.74) is 2.30. The molecule has 0 radical (unpaired) electrons. The molecule has 0 aliphatic carbocycles. The number of Topliss-reactive ketones (excluding diaryl/α,β-unsaturated/α-hetero) is 1. The van der Waals surface area contributed by atoms with Gasteiger partial charge in [0, 0.05) is 32.1 Å². The summed E-state index contributed by atoms with van der Waals surface area (Å²) in [7, 11) is 1.64. The van der Waals surface area contributed by atoms with E-state index in [1.807, 2.05) is 65.6 Å². The van der Waals surface area contributed by atoms with Gasteiger partial charge in [-0.1, -0.05) is 65.8 Å². The second kappa shape index (κ2) is 10.6. The van der Waals surface area contributed by atoms with E-state index in [2.05, 4.69) is 10.1 Å². The highest BCUT2D eigenvalue weighted by Gasteiger charge is 2.25. The van der Waals surface area contributed by atoms with Gasteiger partial charge in [0.15, 0.2) is 11.5 Å². The average molecular weight is 459 g/mol. The van der Waals surface area contributed by atoms with Crippen LogP contribution in [0.25, 0.3) is 0 Å². The van der Waals surface area contributed by atoms with Crippen LogP contribution < -0.4 is 15.2 Å². The Morgan fingerprint density at radius 2 is 1.62 bits per heavy atom. The van der Waals surface area contributed by atoms with E-state index in [0.717, 1.165) is 11.1 Å². The van der Waals surface area contributed by atoms with Crippen molar-refractivity contribution in [1.29, 1.82) is 0 Å². The Balaban J connectivity index is 1.79. The molecule has 0 amide bonds. The fraction of sp³-hybridized carbons (Fsp3) is 0.231. The van der Waals surface area contributed by atoms with E-state index in [0.29, 0.717) is 24.6 Å². The van der Waals surface area contributed by atoms with E-state index in [1.165, 1.54) is 17.0 Å². The SMILES string of the molecule is CCOc1c(C(=O)Cc2cnoc2)nc(N(Cc2ccccc2)Cc2ccccc2)n(C)c1=O. The van der Waals surface area contributed by atoms with Crippen LogP contribution in [0.2, 0.25) is 0 Å². The lowest BCUT2D eigenvalue weighted by Gasteiger charge is -2.26. The number of carbonyl (C=O) groups excluding carboxylic acids is 1. The summed E-state index contributed by atoms with van der Waals surface area (Å²) in [5.74, 6) is -0.00521. The molecule has 0 saturated carbocycles. The van der Waals surface area contributed by atoms with Gasteiger partial charge in [-0.15, -0.1) is 0 Å². The lowest BCUT2D eigenvalue weighted by Crippen LogP contribution is -2.33. The molecule has 2 aromatic heterocycles. The number of rotatable bonds is 10. The summed E-state index contributed by atoms with van der Waals surface area (Å²) in [6.45, 7) is 3.01. The Kier molecular flexibility index (Phi) is 7.17. The smallest absolute Gasteiger partial charge is 0.297 e. The van der Waals surface area contributed by atoms with E-state index in [4.69, 9.17) is 9.26 Å². The second-order valence-electron chi connectivity index (χ2n) is 7.85. The molecule has 4 rings (SSSR count). The van der Waals surface area contributed by atoms with Gasteiger partial charge in [-0.25, -0.2) is 4.98 Å². The standard InChI is InChI=1S/C26H26N4O4/c1-3-33-24-23(22(31)14-21-15-27-34-18-21)28-26(29(2)25(24)32)30(16-19-10-6-4-7-11-19)17-20-12-8-5-9-13-20/h4-13,15,18H,3,14,16-17H2,1-2H3. The maximum absolute atomic E-state index is 13.3. The van der Waals surface area contributed by atoms with Crippen molar-refractivity contribution in [2.24, 2.45) is 7.05 Å². The summed E-state index contributed by atoms with van der Waals surface area (Å²) in [5, 5.41) is 3.65. The third-order valence-electron chi connectivity index (χ3n) is 5.34.